The Balaban J connectivity index is 1.34. The molecule has 0 unspecified atom stereocenters. The Morgan fingerprint density at radius 1 is 1.03 bits per heavy atom. The monoisotopic (exact) mass is 462 g/mol. The van der Waals surface area contributed by atoms with Gasteiger partial charge in [-0.2, -0.15) is 0 Å². The summed E-state index contributed by atoms with van der Waals surface area (Å²) in [6, 6.07) is 12.1. The molecule has 2 N–H and O–H groups in total. The van der Waals surface area contributed by atoms with Gasteiger partial charge in [0.2, 0.25) is 5.91 Å². The summed E-state index contributed by atoms with van der Waals surface area (Å²) in [5, 5.41) is 5.18. The van der Waals surface area contributed by atoms with Crippen LogP contribution in [0.15, 0.2) is 58.8 Å². The Morgan fingerprint density at radius 2 is 1.80 bits per heavy atom. The zero-order valence-electron chi connectivity index (χ0n) is 15.3. The number of fused-ring (bicyclic) bond motifs is 1. The topological polar surface area (TPSA) is 101 Å². The summed E-state index contributed by atoms with van der Waals surface area (Å²) in [6.45, 7) is 0. The number of thiazole rings is 2. The van der Waals surface area contributed by atoms with Crippen LogP contribution in [-0.2, 0) is 21.2 Å². The van der Waals surface area contributed by atoms with Gasteiger partial charge in [0.05, 0.1) is 20.8 Å². The lowest BCUT2D eigenvalue weighted by molar-refractivity contribution is -0.116. The minimum absolute atomic E-state index is 0.0594. The second-order valence-electron chi connectivity index (χ2n) is 6.24. The van der Waals surface area contributed by atoms with Crippen molar-refractivity contribution in [3.8, 4) is 0 Å². The van der Waals surface area contributed by atoms with Gasteiger partial charge in [-0.3, -0.25) is 9.52 Å². The van der Waals surface area contributed by atoms with Crippen molar-refractivity contribution in [2.45, 2.75) is 17.7 Å². The maximum Gasteiger partial charge on any atom is 0.263 e. The second kappa shape index (κ2) is 8.46. The normalized spacial score (nSPS) is 11.5. The van der Waals surface area contributed by atoms with Crippen LogP contribution >= 0.6 is 22.7 Å². The maximum absolute atomic E-state index is 13.0. The van der Waals surface area contributed by atoms with Crippen molar-refractivity contribution >= 4 is 59.1 Å². The molecule has 2 heterocycles. The van der Waals surface area contributed by atoms with Crippen LogP contribution in [-0.4, -0.2) is 24.3 Å². The summed E-state index contributed by atoms with van der Waals surface area (Å²) in [5.41, 5.74) is 1.42. The molecular weight excluding hydrogens is 447 g/mol. The van der Waals surface area contributed by atoms with Gasteiger partial charge < -0.3 is 5.32 Å². The molecule has 0 radical (unpaired) electrons. The number of sulfonamides is 1. The molecule has 154 valence electrons. The van der Waals surface area contributed by atoms with Crippen LogP contribution in [0.4, 0.5) is 14.7 Å². The number of amides is 1. The number of benzene rings is 2. The van der Waals surface area contributed by atoms with Gasteiger partial charge in [0.15, 0.2) is 10.3 Å². The van der Waals surface area contributed by atoms with Crippen LogP contribution in [0.3, 0.4) is 0 Å². The van der Waals surface area contributed by atoms with Crippen LogP contribution < -0.4 is 10.0 Å². The van der Waals surface area contributed by atoms with E-state index < -0.39 is 15.8 Å². The molecule has 0 aliphatic heterocycles. The summed E-state index contributed by atoms with van der Waals surface area (Å²) < 4.78 is 41.0. The Morgan fingerprint density at radius 3 is 2.57 bits per heavy atom. The van der Waals surface area contributed by atoms with E-state index in [0.717, 1.165) is 33.7 Å². The molecule has 0 fully saturated rings. The number of rotatable bonds is 7. The number of hydrogen-bond donors (Lipinski definition) is 2. The van der Waals surface area contributed by atoms with E-state index >= 15 is 0 Å². The van der Waals surface area contributed by atoms with E-state index in [1.165, 1.54) is 23.5 Å². The summed E-state index contributed by atoms with van der Waals surface area (Å²) in [4.78, 5) is 20.7. The van der Waals surface area contributed by atoms with E-state index in [-0.39, 0.29) is 22.4 Å². The molecule has 0 atom stereocenters. The lowest BCUT2D eigenvalue weighted by Gasteiger charge is -2.04. The molecule has 7 nitrogen and oxygen atoms in total. The standard InChI is InChI=1S/C19H15FN4O3S3/c20-12-5-8-14(9-6-12)30(26,27)24-19-21-13(11-28-19)7-10-17(25)23-18-22-15-3-1-2-4-16(15)29-18/h1-6,8-9,11H,7,10H2,(H,21,24)(H,22,23,25). The van der Waals surface area contributed by atoms with Crippen molar-refractivity contribution in [3.63, 3.8) is 0 Å². The van der Waals surface area contributed by atoms with E-state index in [0.29, 0.717) is 17.2 Å². The molecule has 1 amide bonds. The van der Waals surface area contributed by atoms with Gasteiger partial charge in [-0.1, -0.05) is 23.5 Å². The number of anilines is 2. The first-order chi connectivity index (χ1) is 14.4. The molecule has 0 spiro atoms. The van der Waals surface area contributed by atoms with E-state index in [1.54, 1.807) is 5.38 Å². The molecular formula is C19H15FN4O3S3. The van der Waals surface area contributed by atoms with Crippen molar-refractivity contribution in [1.82, 2.24) is 9.97 Å². The largest absolute Gasteiger partial charge is 0.302 e. The number of carbonyl (C=O) groups excluding carboxylic acids is 1. The summed E-state index contributed by atoms with van der Waals surface area (Å²) in [6.07, 6.45) is 0.537. The first-order valence-electron chi connectivity index (χ1n) is 8.77. The SMILES string of the molecule is O=C(CCc1csc(NS(=O)(=O)c2ccc(F)cc2)n1)Nc1nc2ccccc2s1. The maximum atomic E-state index is 13.0. The fourth-order valence-corrected chi connectivity index (χ4v) is 5.48. The van der Waals surface area contributed by atoms with Crippen LogP contribution in [0.2, 0.25) is 0 Å². The number of halogens is 1. The average molecular weight is 463 g/mol. The van der Waals surface area contributed by atoms with Crippen molar-refractivity contribution in [2.24, 2.45) is 0 Å². The smallest absolute Gasteiger partial charge is 0.263 e. The Labute approximate surface area is 179 Å². The van der Waals surface area contributed by atoms with Crippen molar-refractivity contribution < 1.29 is 17.6 Å². The first-order valence-corrected chi connectivity index (χ1v) is 12.0. The van der Waals surface area contributed by atoms with Crippen LogP contribution in [0, 0.1) is 5.82 Å². The lowest BCUT2D eigenvalue weighted by Crippen LogP contribution is -2.13. The minimum atomic E-state index is -3.86. The van der Waals surface area contributed by atoms with Crippen molar-refractivity contribution in [2.75, 3.05) is 10.0 Å². The quantitative estimate of drug-likeness (QED) is 0.427. The number of aryl methyl sites for hydroxylation is 1. The van der Waals surface area contributed by atoms with E-state index in [4.69, 9.17) is 0 Å². The Hall–Kier alpha value is -2.89. The summed E-state index contributed by atoms with van der Waals surface area (Å²) in [5.74, 6) is -0.717. The number of nitrogens with zero attached hydrogens (tertiary/aromatic N) is 2. The third kappa shape index (κ3) is 4.81. The summed E-state index contributed by atoms with van der Waals surface area (Å²) >= 11 is 2.52. The first kappa shape index (κ1) is 20.4. The van der Waals surface area contributed by atoms with Gasteiger partial charge in [-0.15, -0.1) is 11.3 Å². The van der Waals surface area contributed by atoms with Crippen molar-refractivity contribution in [3.05, 3.63) is 65.4 Å². The third-order valence-corrected chi connectivity index (χ3v) is 7.29. The predicted octanol–water partition coefficient (Wildman–Crippen LogP) is 4.26. The average Bonchev–Trinajstić information content (AvgIpc) is 3.32. The molecule has 2 aromatic heterocycles. The molecule has 0 saturated carbocycles. The highest BCUT2D eigenvalue weighted by Crippen LogP contribution is 2.26. The zero-order chi connectivity index (χ0) is 21.1. The highest BCUT2D eigenvalue weighted by molar-refractivity contribution is 7.93. The van der Waals surface area contributed by atoms with Crippen LogP contribution in [0.25, 0.3) is 10.2 Å². The highest BCUT2D eigenvalue weighted by atomic mass is 32.2. The molecule has 2 aromatic carbocycles. The Bertz CT molecular complexity index is 1270. The Kier molecular flexibility index (Phi) is 5.75. The zero-order valence-corrected chi connectivity index (χ0v) is 17.8. The van der Waals surface area contributed by atoms with E-state index in [2.05, 4.69) is 20.0 Å². The van der Waals surface area contributed by atoms with Gasteiger partial charge in [0.25, 0.3) is 10.0 Å². The summed E-state index contributed by atoms with van der Waals surface area (Å²) in [7, 11) is -3.86. The fourth-order valence-electron chi connectivity index (χ4n) is 2.61. The number of para-hydroxylation sites is 1. The van der Waals surface area contributed by atoms with Gasteiger partial charge >= 0.3 is 0 Å². The molecule has 0 aliphatic carbocycles. The van der Waals surface area contributed by atoms with Gasteiger partial charge in [0.1, 0.15) is 5.82 Å². The molecule has 11 heteroatoms. The molecule has 0 saturated heterocycles. The van der Waals surface area contributed by atoms with E-state index in [1.807, 2.05) is 24.3 Å². The fraction of sp³-hybridized carbons (Fsp3) is 0.105. The number of aromatic nitrogens is 2. The molecule has 0 bridgehead atoms. The molecule has 0 aliphatic rings. The van der Waals surface area contributed by atoms with Crippen molar-refractivity contribution in [1.29, 1.82) is 0 Å². The highest BCUT2D eigenvalue weighted by Gasteiger charge is 2.16. The predicted molar refractivity (Wildman–Crippen MR) is 116 cm³/mol. The van der Waals surface area contributed by atoms with Crippen LogP contribution in [0.5, 0.6) is 0 Å². The minimum Gasteiger partial charge on any atom is -0.302 e. The van der Waals surface area contributed by atoms with Crippen LogP contribution in [0.1, 0.15) is 12.1 Å². The number of hydrogen-bond acceptors (Lipinski definition) is 7. The van der Waals surface area contributed by atoms with Gasteiger partial charge in [0, 0.05) is 11.8 Å². The van der Waals surface area contributed by atoms with Gasteiger partial charge in [-0.05, 0) is 42.8 Å². The number of nitrogens with one attached hydrogen (secondary N) is 2. The van der Waals surface area contributed by atoms with E-state index in [9.17, 15) is 17.6 Å². The third-order valence-electron chi connectivity index (χ3n) is 4.05. The molecule has 4 rings (SSSR count). The molecule has 4 aromatic rings. The second-order valence-corrected chi connectivity index (χ2v) is 9.81. The molecule has 30 heavy (non-hydrogen) atoms. The van der Waals surface area contributed by atoms with Gasteiger partial charge in [-0.25, -0.2) is 22.8 Å². The number of carbonyl (C=O) groups is 1. The lowest BCUT2D eigenvalue weighted by atomic mass is 10.2.